The highest BCUT2D eigenvalue weighted by atomic mass is 32.1. The number of hydrogen-bond acceptors (Lipinski definition) is 33. The van der Waals surface area contributed by atoms with Gasteiger partial charge < -0.3 is 48.9 Å². The summed E-state index contributed by atoms with van der Waals surface area (Å²) in [7, 11) is -39.5. The molecule has 0 aliphatic heterocycles. The standard InChI is InChI=1S/C11H25NO10P6S.2C10H19N2O5P3.C9H18NO5P3S/c1-9-8-12-10(29-9)6-7-11(27(17,19-23(2)13)20-24(3)14)28(18,21-25(4)15)22-26(5)16;1-9(5-6-10-11-7-4-8-12-10)20(15,16-18(2)13)17-19(3)14;1-9(4-5-10-6-7-11-8-12-10)20(15,16-18(2)13)17-19(3)14;1-8(4-5-9-10-6-7-19-9)18(13,14-16(2)11)15-17(3)12/h8,11,13-16H,6-7H2,1-5H3;4,7-9,13-14H,5-6H2,1-3H3;6-9,13-14H,4-5H2,1-3H3;6-8,11-12H,4-5H2,1-3H3. The van der Waals surface area contributed by atoms with Gasteiger partial charge in [-0.25, -0.2) is 29.9 Å². The molecule has 10 N–H and O–H groups in total. The van der Waals surface area contributed by atoms with E-state index in [0.29, 0.717) is 49.4 Å². The van der Waals surface area contributed by atoms with Crippen molar-refractivity contribution in [3.05, 3.63) is 81.2 Å². The molecule has 508 valence electrons. The molecule has 48 heteroatoms. The summed E-state index contributed by atoms with van der Waals surface area (Å²) in [5.41, 5.74) is -0.512. The van der Waals surface area contributed by atoms with Crippen molar-refractivity contribution in [1.29, 1.82) is 0 Å². The van der Waals surface area contributed by atoms with E-state index in [4.69, 9.17) is 43.1 Å². The van der Waals surface area contributed by atoms with E-state index in [1.165, 1.54) is 95.6 Å². The van der Waals surface area contributed by atoms with Crippen LogP contribution in [0.1, 0.15) is 72.9 Å². The lowest BCUT2D eigenvalue weighted by molar-refractivity contribution is 0.345. The molecular formula is C40H81N6O25P15S2. The number of rotatable bonds is 37. The molecule has 4 rings (SSSR count). The summed E-state index contributed by atoms with van der Waals surface area (Å²) >= 11 is 2.90. The minimum atomic E-state index is -4.49. The van der Waals surface area contributed by atoms with E-state index in [-0.39, 0.29) is 12.8 Å². The van der Waals surface area contributed by atoms with Gasteiger partial charge in [0.2, 0.25) is 0 Å². The Morgan fingerprint density at radius 2 is 0.784 bits per heavy atom. The lowest BCUT2D eigenvalue weighted by atomic mass is 10.2. The topological polar surface area (TPSA) is 457 Å². The van der Waals surface area contributed by atoms with Crippen LogP contribution in [0.5, 0.6) is 0 Å². The Kier molecular flexibility index (Phi) is 44.9. The lowest BCUT2D eigenvalue weighted by Gasteiger charge is -2.33. The Morgan fingerprint density at radius 1 is 0.432 bits per heavy atom. The van der Waals surface area contributed by atoms with Gasteiger partial charge in [-0.15, -0.1) is 22.7 Å². The molecule has 0 aliphatic rings. The van der Waals surface area contributed by atoms with Crippen LogP contribution in [0, 0.1) is 6.92 Å². The molecule has 0 radical (unpaired) electrons. The largest absolute Gasteiger partial charge is 0.356 e. The Bertz CT molecular complexity index is 2570. The van der Waals surface area contributed by atoms with Crippen molar-refractivity contribution in [2.24, 2.45) is 0 Å². The summed E-state index contributed by atoms with van der Waals surface area (Å²) < 4.78 is 116. The molecular weight excluding hydrogens is 1490 g/mol. The van der Waals surface area contributed by atoms with E-state index in [1.54, 1.807) is 63.9 Å². The molecule has 0 fully saturated rings. The van der Waals surface area contributed by atoms with Gasteiger partial charge in [0.15, 0.2) is 89.2 Å². The number of nitrogens with zero attached hydrogens (tertiary/aromatic N) is 6. The average molecular weight is 1570 g/mol. The molecule has 4 heterocycles. The fraction of sp³-hybridized carbons (Fsp3) is 0.650. The zero-order valence-electron chi connectivity index (χ0n) is 50.5. The summed E-state index contributed by atoms with van der Waals surface area (Å²) in [4.78, 5) is 120. The van der Waals surface area contributed by atoms with Gasteiger partial charge in [0.25, 0.3) is 0 Å². The maximum Gasteiger partial charge on any atom is 0.356 e. The van der Waals surface area contributed by atoms with Gasteiger partial charge in [-0.2, -0.15) is 0 Å². The molecule has 0 aliphatic carbocycles. The van der Waals surface area contributed by atoms with Crippen molar-refractivity contribution in [2.45, 2.75) is 101 Å². The van der Waals surface area contributed by atoms with Crippen LogP contribution in [0.25, 0.3) is 0 Å². The Hall–Kier alpha value is 2.07. The maximum atomic E-state index is 13.5. The van der Waals surface area contributed by atoms with Crippen LogP contribution >= 0.6 is 144 Å². The Labute approximate surface area is 535 Å². The van der Waals surface area contributed by atoms with Gasteiger partial charge in [0.1, 0.15) is 12.2 Å². The minimum Gasteiger partial charge on any atom is -0.350 e. The summed E-state index contributed by atoms with van der Waals surface area (Å²) in [6.45, 7) is 20.4. The second-order valence-electron chi connectivity index (χ2n) is 18.0. The van der Waals surface area contributed by atoms with Gasteiger partial charge in [-0.05, 0) is 51.2 Å². The van der Waals surface area contributed by atoms with Gasteiger partial charge in [-0.3, -0.25) is 65.9 Å². The third-order valence-corrected chi connectivity index (χ3v) is 38.1. The fourth-order valence-corrected chi connectivity index (χ4v) is 33.8. The SMILES string of the molecule is CC(CCc1ccncn1)P(=O)(OP(C)O)OP(C)O.CC(CCc1ncccn1)P(=O)(OP(C)O)OP(C)O.CC(CCc1nccs1)P(=O)(OP(C)O)OP(C)O.Cc1cnc(CCC(P(=O)(OP(C)O)OP(C)O)P(=O)(OP(C)O)OP(C)O)s1. The molecule has 0 bridgehead atoms. The van der Waals surface area contributed by atoms with Crippen LogP contribution in [0.15, 0.2) is 54.8 Å². The van der Waals surface area contributed by atoms with Crippen molar-refractivity contribution in [1.82, 2.24) is 29.9 Å². The zero-order chi connectivity index (χ0) is 67.2. The van der Waals surface area contributed by atoms with E-state index in [9.17, 15) is 71.8 Å². The first kappa shape index (κ1) is 88.1. The molecule has 0 saturated heterocycles. The molecule has 0 aromatic carbocycles. The third kappa shape index (κ3) is 37.1. The first-order valence-electron chi connectivity index (χ1n) is 25.3. The molecule has 0 spiro atoms. The van der Waals surface area contributed by atoms with Crippen LogP contribution in [0.3, 0.4) is 0 Å². The van der Waals surface area contributed by atoms with Crippen molar-refractivity contribution in [3.8, 4) is 0 Å². The zero-order valence-corrected chi connectivity index (χ0v) is 65.5. The Balaban J connectivity index is 0.000000596. The molecule has 4 aromatic rings. The first-order valence-corrected chi connectivity index (χ1v) is 51.6. The number of thiazole rings is 2. The van der Waals surface area contributed by atoms with Crippen LogP contribution in [-0.4, -0.2) is 168 Å². The van der Waals surface area contributed by atoms with Crippen molar-refractivity contribution in [2.75, 3.05) is 66.6 Å². The summed E-state index contributed by atoms with van der Waals surface area (Å²) in [5.74, 6) is 0.636. The maximum absolute atomic E-state index is 13.5. The minimum absolute atomic E-state index is 0.153. The van der Waals surface area contributed by atoms with E-state index >= 15 is 0 Å². The third-order valence-electron chi connectivity index (χ3n) is 10.1. The predicted octanol–water partition coefficient (Wildman–Crippen LogP) is 14.2. The van der Waals surface area contributed by atoms with Crippen molar-refractivity contribution in [3.63, 3.8) is 0 Å². The number of aryl methyl sites for hydroxylation is 5. The summed E-state index contributed by atoms with van der Waals surface area (Å²) in [6.07, 6.45) is 13.0. The van der Waals surface area contributed by atoms with E-state index < -0.39 is 144 Å². The van der Waals surface area contributed by atoms with Gasteiger partial charge in [0.05, 0.1) is 27.0 Å². The van der Waals surface area contributed by atoms with E-state index in [0.717, 1.165) is 15.6 Å². The van der Waals surface area contributed by atoms with Crippen LogP contribution in [0.2, 0.25) is 0 Å². The molecule has 88 heavy (non-hydrogen) atoms. The molecule has 13 unspecified atom stereocenters. The quantitative estimate of drug-likeness (QED) is 0.0187. The molecule has 4 aromatic heterocycles. The highest BCUT2D eigenvalue weighted by Gasteiger charge is 2.54. The lowest BCUT2D eigenvalue weighted by Crippen LogP contribution is -2.15. The molecule has 0 saturated carbocycles. The smallest absolute Gasteiger partial charge is 0.350 e. The first-order chi connectivity index (χ1) is 40.8. The van der Waals surface area contributed by atoms with Crippen molar-refractivity contribution < 1.29 is 115 Å². The van der Waals surface area contributed by atoms with Gasteiger partial charge in [0, 0.05) is 133 Å². The second kappa shape index (κ2) is 44.9. The normalized spacial score (nSPS) is 20.0. The fourth-order valence-electron chi connectivity index (χ4n) is 6.48. The van der Waals surface area contributed by atoms with Crippen LogP contribution in [0.4, 0.5) is 0 Å². The number of aromatic nitrogens is 6. The number of hydrogen-bond donors (Lipinski definition) is 10. The summed E-state index contributed by atoms with van der Waals surface area (Å²) in [5, 5.41) is 1.85. The molecule has 0 amide bonds. The molecule has 31 nitrogen and oxygen atoms in total. The molecule has 13 atom stereocenters. The monoisotopic (exact) mass is 1570 g/mol. The highest BCUT2D eigenvalue weighted by Crippen LogP contribution is 2.80. The highest BCUT2D eigenvalue weighted by molar-refractivity contribution is 7.82. The van der Waals surface area contributed by atoms with E-state index in [2.05, 4.69) is 29.9 Å². The summed E-state index contributed by atoms with van der Waals surface area (Å²) in [6, 6.07) is 3.49. The second-order valence-corrected chi connectivity index (χ2v) is 45.8. The average Bonchev–Trinajstić information content (AvgIpc) is 3.86. The Morgan fingerprint density at radius 3 is 1.10 bits per heavy atom. The van der Waals surface area contributed by atoms with Gasteiger partial charge in [-0.1, -0.05) is 20.8 Å². The van der Waals surface area contributed by atoms with E-state index in [1.807, 2.05) is 12.3 Å². The van der Waals surface area contributed by atoms with Gasteiger partial charge >= 0.3 is 38.0 Å². The predicted molar refractivity (Wildman–Crippen MR) is 358 cm³/mol. The van der Waals surface area contributed by atoms with Crippen molar-refractivity contribution >= 4 is 144 Å². The van der Waals surface area contributed by atoms with Crippen LogP contribution in [-0.2, 0) is 91.6 Å². The van der Waals surface area contributed by atoms with Crippen LogP contribution < -0.4 is 0 Å².